The van der Waals surface area contributed by atoms with Crippen molar-refractivity contribution in [2.45, 2.75) is 32.7 Å². The number of rotatable bonds is 7. The molecule has 5 nitrogen and oxygen atoms in total. The predicted octanol–water partition coefficient (Wildman–Crippen LogP) is 1.85. The number of carbonyl (C=O) groups excluding carboxylic acids is 1. The molecule has 0 aliphatic carbocycles. The Kier molecular flexibility index (Phi) is 6.03. The van der Waals surface area contributed by atoms with E-state index in [0.717, 1.165) is 11.3 Å². The minimum atomic E-state index is -1.00. The van der Waals surface area contributed by atoms with Gasteiger partial charge in [0.05, 0.1) is 7.11 Å². The van der Waals surface area contributed by atoms with E-state index in [0.29, 0.717) is 6.42 Å². The maximum atomic E-state index is 11.8. The number of carbonyl (C=O) groups is 2. The van der Waals surface area contributed by atoms with Crippen LogP contribution < -0.4 is 10.1 Å². The highest BCUT2D eigenvalue weighted by atomic mass is 16.5. The van der Waals surface area contributed by atoms with Gasteiger partial charge in [0.15, 0.2) is 0 Å². The first kappa shape index (κ1) is 16.0. The van der Waals surface area contributed by atoms with Crippen molar-refractivity contribution in [3.63, 3.8) is 0 Å². The molecule has 0 saturated carbocycles. The van der Waals surface area contributed by atoms with Crippen LogP contribution in [0, 0.1) is 5.92 Å². The van der Waals surface area contributed by atoms with E-state index in [-0.39, 0.29) is 18.2 Å². The van der Waals surface area contributed by atoms with Gasteiger partial charge in [-0.3, -0.25) is 4.79 Å². The topological polar surface area (TPSA) is 75.6 Å². The number of hydrogen-bond acceptors (Lipinski definition) is 3. The molecule has 0 aliphatic rings. The van der Waals surface area contributed by atoms with Crippen molar-refractivity contribution in [3.8, 4) is 5.75 Å². The molecular formula is C15H21NO4. The number of methoxy groups -OCH3 is 1. The molecule has 1 atom stereocenters. The van der Waals surface area contributed by atoms with E-state index in [4.69, 9.17) is 9.84 Å². The van der Waals surface area contributed by atoms with Gasteiger partial charge >= 0.3 is 5.97 Å². The Morgan fingerprint density at radius 2 is 1.85 bits per heavy atom. The number of amides is 1. The summed E-state index contributed by atoms with van der Waals surface area (Å²) in [5.41, 5.74) is 1.01. The number of carboxylic acids is 1. The molecule has 20 heavy (non-hydrogen) atoms. The third kappa shape index (κ3) is 4.91. The first-order valence-corrected chi connectivity index (χ1v) is 6.59. The highest BCUT2D eigenvalue weighted by Gasteiger charge is 2.22. The Labute approximate surface area is 118 Å². The zero-order chi connectivity index (χ0) is 15.1. The molecule has 1 amide bonds. The molecule has 0 spiro atoms. The van der Waals surface area contributed by atoms with Gasteiger partial charge in [-0.05, 0) is 30.0 Å². The fraction of sp³-hybridized carbons (Fsp3) is 0.467. The highest BCUT2D eigenvalue weighted by molar-refractivity contribution is 5.83. The number of aliphatic carboxylic acids is 1. The second-order valence-electron chi connectivity index (χ2n) is 4.98. The van der Waals surface area contributed by atoms with Crippen LogP contribution in [0.1, 0.15) is 25.8 Å². The minimum Gasteiger partial charge on any atom is -0.497 e. The van der Waals surface area contributed by atoms with Crippen LogP contribution in [0.25, 0.3) is 0 Å². The zero-order valence-corrected chi connectivity index (χ0v) is 12.1. The lowest BCUT2D eigenvalue weighted by atomic mass is 10.0. The molecule has 0 radical (unpaired) electrons. The van der Waals surface area contributed by atoms with Gasteiger partial charge in [-0.2, -0.15) is 0 Å². The first-order chi connectivity index (χ1) is 9.43. The molecule has 0 heterocycles. The highest BCUT2D eigenvalue weighted by Crippen LogP contribution is 2.12. The molecular weight excluding hydrogens is 258 g/mol. The Morgan fingerprint density at radius 3 is 2.30 bits per heavy atom. The second kappa shape index (κ2) is 7.53. The van der Waals surface area contributed by atoms with Crippen LogP contribution in [0.4, 0.5) is 0 Å². The average molecular weight is 279 g/mol. The van der Waals surface area contributed by atoms with Gasteiger partial charge in [-0.15, -0.1) is 0 Å². The van der Waals surface area contributed by atoms with Crippen molar-refractivity contribution in [1.82, 2.24) is 5.32 Å². The van der Waals surface area contributed by atoms with Crippen molar-refractivity contribution in [1.29, 1.82) is 0 Å². The summed E-state index contributed by atoms with van der Waals surface area (Å²) >= 11 is 0. The maximum Gasteiger partial charge on any atom is 0.326 e. The standard InChI is InChI=1S/C15H21NO4/c1-10(2)14(15(18)19)16-13(17)9-6-11-4-7-12(20-3)8-5-11/h4-5,7-8,10,14H,6,9H2,1-3H3,(H,16,17)(H,18,19)/t14-/m1/s1. The molecule has 1 aromatic rings. The summed E-state index contributed by atoms with van der Waals surface area (Å²) in [6.07, 6.45) is 0.836. The van der Waals surface area contributed by atoms with E-state index in [1.807, 2.05) is 24.3 Å². The van der Waals surface area contributed by atoms with Gasteiger partial charge in [-0.1, -0.05) is 26.0 Å². The molecule has 0 saturated heterocycles. The summed E-state index contributed by atoms with van der Waals surface area (Å²) < 4.78 is 5.06. The number of ether oxygens (including phenoxy) is 1. The molecule has 0 fully saturated rings. The number of carboxylic acid groups (broad SMARTS) is 1. The number of hydrogen-bond donors (Lipinski definition) is 2. The summed E-state index contributed by atoms with van der Waals surface area (Å²) in [6.45, 7) is 3.53. The lowest BCUT2D eigenvalue weighted by molar-refractivity contribution is -0.143. The second-order valence-corrected chi connectivity index (χ2v) is 4.98. The summed E-state index contributed by atoms with van der Waals surface area (Å²) in [4.78, 5) is 22.8. The van der Waals surface area contributed by atoms with Gasteiger partial charge in [0.25, 0.3) is 0 Å². The van der Waals surface area contributed by atoms with Crippen LogP contribution in [-0.2, 0) is 16.0 Å². The smallest absolute Gasteiger partial charge is 0.326 e. The summed E-state index contributed by atoms with van der Waals surface area (Å²) in [7, 11) is 1.60. The van der Waals surface area contributed by atoms with E-state index in [2.05, 4.69) is 5.32 Å². The zero-order valence-electron chi connectivity index (χ0n) is 12.1. The molecule has 5 heteroatoms. The molecule has 0 aliphatic heterocycles. The maximum absolute atomic E-state index is 11.8. The molecule has 2 N–H and O–H groups in total. The van der Waals surface area contributed by atoms with E-state index in [1.165, 1.54) is 0 Å². The largest absolute Gasteiger partial charge is 0.497 e. The third-order valence-corrected chi connectivity index (χ3v) is 3.05. The molecule has 110 valence electrons. The van der Waals surface area contributed by atoms with E-state index in [9.17, 15) is 9.59 Å². The Bertz CT molecular complexity index is 453. The molecule has 1 aromatic carbocycles. The Balaban J connectivity index is 2.47. The van der Waals surface area contributed by atoms with Crippen molar-refractivity contribution in [2.24, 2.45) is 5.92 Å². The lowest BCUT2D eigenvalue weighted by Crippen LogP contribution is -2.44. The summed E-state index contributed by atoms with van der Waals surface area (Å²) in [6, 6.07) is 6.62. The molecule has 1 rings (SSSR count). The van der Waals surface area contributed by atoms with E-state index >= 15 is 0 Å². The van der Waals surface area contributed by atoms with Crippen LogP contribution in [-0.4, -0.2) is 30.1 Å². The molecule has 0 aromatic heterocycles. The number of nitrogens with one attached hydrogen (secondary N) is 1. The van der Waals surface area contributed by atoms with Crippen LogP contribution in [0.5, 0.6) is 5.75 Å². The summed E-state index contributed by atoms with van der Waals surface area (Å²) in [5.74, 6) is -0.624. The number of benzene rings is 1. The quantitative estimate of drug-likeness (QED) is 0.798. The summed E-state index contributed by atoms with van der Waals surface area (Å²) in [5, 5.41) is 11.6. The third-order valence-electron chi connectivity index (χ3n) is 3.05. The SMILES string of the molecule is COc1ccc(CCC(=O)N[C@@H](C(=O)O)C(C)C)cc1. The monoisotopic (exact) mass is 279 g/mol. The fourth-order valence-electron chi connectivity index (χ4n) is 1.81. The van der Waals surface area contributed by atoms with Crippen molar-refractivity contribution >= 4 is 11.9 Å². The molecule has 0 unspecified atom stereocenters. The van der Waals surface area contributed by atoms with Gasteiger partial charge in [-0.25, -0.2) is 4.79 Å². The van der Waals surface area contributed by atoms with Gasteiger partial charge < -0.3 is 15.2 Å². The Morgan fingerprint density at radius 1 is 1.25 bits per heavy atom. The fourth-order valence-corrected chi connectivity index (χ4v) is 1.81. The van der Waals surface area contributed by atoms with Crippen LogP contribution in [0.2, 0.25) is 0 Å². The van der Waals surface area contributed by atoms with Crippen molar-refractivity contribution in [3.05, 3.63) is 29.8 Å². The van der Waals surface area contributed by atoms with Gasteiger partial charge in [0, 0.05) is 6.42 Å². The Hall–Kier alpha value is -2.04. The van der Waals surface area contributed by atoms with Crippen LogP contribution >= 0.6 is 0 Å². The van der Waals surface area contributed by atoms with E-state index in [1.54, 1.807) is 21.0 Å². The van der Waals surface area contributed by atoms with E-state index < -0.39 is 12.0 Å². The van der Waals surface area contributed by atoms with Gasteiger partial charge in [0.2, 0.25) is 5.91 Å². The average Bonchev–Trinajstić information content (AvgIpc) is 2.42. The minimum absolute atomic E-state index is 0.141. The van der Waals surface area contributed by atoms with Crippen molar-refractivity contribution in [2.75, 3.05) is 7.11 Å². The van der Waals surface area contributed by atoms with Crippen molar-refractivity contribution < 1.29 is 19.4 Å². The van der Waals surface area contributed by atoms with Crippen LogP contribution in [0.15, 0.2) is 24.3 Å². The predicted molar refractivity (Wildman–Crippen MR) is 75.7 cm³/mol. The molecule has 0 bridgehead atoms. The number of aryl methyl sites for hydroxylation is 1. The lowest BCUT2D eigenvalue weighted by Gasteiger charge is -2.17. The normalized spacial score (nSPS) is 12.0. The van der Waals surface area contributed by atoms with Crippen LogP contribution in [0.3, 0.4) is 0 Å². The van der Waals surface area contributed by atoms with Gasteiger partial charge in [0.1, 0.15) is 11.8 Å². The first-order valence-electron chi connectivity index (χ1n) is 6.59.